The zero-order chi connectivity index (χ0) is 17.8. The molecule has 0 unspecified atom stereocenters. The van der Waals surface area contributed by atoms with Gasteiger partial charge in [0.05, 0.1) is 17.5 Å². The Balaban J connectivity index is 1.37. The molecule has 4 atom stereocenters. The first-order valence-electron chi connectivity index (χ1n) is 8.45. The van der Waals surface area contributed by atoms with E-state index in [9.17, 15) is 14.4 Å². The molecule has 1 saturated carbocycles. The van der Waals surface area contributed by atoms with Gasteiger partial charge in [-0.2, -0.15) is 0 Å². The minimum absolute atomic E-state index is 0.126. The van der Waals surface area contributed by atoms with Gasteiger partial charge >= 0.3 is 0 Å². The summed E-state index contributed by atoms with van der Waals surface area (Å²) in [7, 11) is 0. The molecule has 130 valence electrons. The van der Waals surface area contributed by atoms with Gasteiger partial charge in [-0.05, 0) is 42.5 Å². The summed E-state index contributed by atoms with van der Waals surface area (Å²) in [6.07, 6.45) is 7.78. The Morgan fingerprint density at radius 2 is 1.54 bits per heavy atom. The van der Waals surface area contributed by atoms with Crippen LogP contribution in [0.1, 0.15) is 16.8 Å². The number of imide groups is 1. The molecule has 1 saturated heterocycles. The maximum Gasteiger partial charge on any atom is 0.270 e. The van der Waals surface area contributed by atoms with Gasteiger partial charge in [0.15, 0.2) is 0 Å². The van der Waals surface area contributed by atoms with Gasteiger partial charge in [-0.1, -0.05) is 12.2 Å². The molecular weight excluding hydrogens is 334 g/mol. The highest BCUT2D eigenvalue weighted by molar-refractivity contribution is 6.22. The van der Waals surface area contributed by atoms with Crippen LogP contribution in [0.25, 0.3) is 0 Å². The Labute approximate surface area is 148 Å². The molecular formula is C18H15N5O3. The highest BCUT2D eigenvalue weighted by Crippen LogP contribution is 2.53. The van der Waals surface area contributed by atoms with Crippen LogP contribution in [0.5, 0.6) is 0 Å². The molecule has 3 amide bonds. The fraction of sp³-hybridized carbons (Fsp3) is 0.278. The Kier molecular flexibility index (Phi) is 3.09. The van der Waals surface area contributed by atoms with Gasteiger partial charge < -0.3 is 0 Å². The number of hydrogen-bond acceptors (Lipinski definition) is 5. The summed E-state index contributed by atoms with van der Waals surface area (Å²) in [6.45, 7) is 0. The Morgan fingerprint density at radius 1 is 0.962 bits per heavy atom. The van der Waals surface area contributed by atoms with Crippen LogP contribution in [0.2, 0.25) is 0 Å². The first-order chi connectivity index (χ1) is 12.6. The summed E-state index contributed by atoms with van der Waals surface area (Å²) in [5.41, 5.74) is 3.51. The van der Waals surface area contributed by atoms with E-state index in [0.29, 0.717) is 11.3 Å². The van der Waals surface area contributed by atoms with Crippen molar-refractivity contribution in [1.29, 1.82) is 0 Å². The first kappa shape index (κ1) is 15.0. The Bertz CT molecular complexity index is 904. The number of allylic oxidation sites excluding steroid dienone is 2. The number of carbonyl (C=O) groups excluding carboxylic acids is 3. The standard InChI is InChI=1S/C18H15N5O3/c24-16(21-22-8-19-20-9-22)10-3-5-13(6-4-10)23-17(25)14-11-1-2-12(7-11)15(14)18(23)26/h1-6,8-9,11-12,14-15H,7H2,(H,21,24)/t11-,12+,14-,15+. The maximum atomic E-state index is 12.8. The normalized spacial score (nSPS) is 28.7. The van der Waals surface area contributed by atoms with Gasteiger partial charge in [-0.15, -0.1) is 10.2 Å². The number of carbonyl (C=O) groups is 3. The molecule has 0 radical (unpaired) electrons. The number of anilines is 1. The van der Waals surface area contributed by atoms with Crippen molar-refractivity contribution in [3.8, 4) is 0 Å². The summed E-state index contributed by atoms with van der Waals surface area (Å²) in [6, 6.07) is 6.45. The fourth-order valence-corrected chi connectivity index (χ4v) is 4.36. The van der Waals surface area contributed by atoms with E-state index in [1.807, 2.05) is 0 Å². The lowest BCUT2D eigenvalue weighted by atomic mass is 9.85. The van der Waals surface area contributed by atoms with Crippen LogP contribution in [-0.4, -0.2) is 32.6 Å². The molecule has 1 aliphatic heterocycles. The number of benzene rings is 1. The SMILES string of the molecule is O=C(Nn1cnnc1)c1ccc(N2C(=O)[C@@H]3[C@H](C2=O)[C@@H]2C=C[C@H]3C2)cc1. The van der Waals surface area contributed by atoms with Crippen LogP contribution < -0.4 is 10.3 Å². The number of hydrogen-bond donors (Lipinski definition) is 1. The molecule has 2 aromatic rings. The van der Waals surface area contributed by atoms with Crippen LogP contribution in [0.3, 0.4) is 0 Å². The molecule has 1 aromatic carbocycles. The largest absolute Gasteiger partial charge is 0.274 e. The lowest BCUT2D eigenvalue weighted by molar-refractivity contribution is -0.123. The topological polar surface area (TPSA) is 97.2 Å². The average Bonchev–Trinajstić information content (AvgIpc) is 3.41. The maximum absolute atomic E-state index is 12.8. The molecule has 2 heterocycles. The van der Waals surface area contributed by atoms with Crippen molar-refractivity contribution in [3.63, 3.8) is 0 Å². The van der Waals surface area contributed by atoms with Crippen LogP contribution in [0.4, 0.5) is 5.69 Å². The van der Waals surface area contributed by atoms with Crippen LogP contribution >= 0.6 is 0 Å². The number of aromatic nitrogens is 3. The van der Waals surface area contributed by atoms with E-state index in [1.54, 1.807) is 24.3 Å². The number of rotatable bonds is 3. The van der Waals surface area contributed by atoms with E-state index in [4.69, 9.17) is 0 Å². The third-order valence-electron chi connectivity index (χ3n) is 5.51. The van der Waals surface area contributed by atoms with E-state index < -0.39 is 0 Å². The fourth-order valence-electron chi connectivity index (χ4n) is 4.36. The van der Waals surface area contributed by atoms with Crippen molar-refractivity contribution in [2.45, 2.75) is 6.42 Å². The van der Waals surface area contributed by atoms with Gasteiger partial charge in [0.25, 0.3) is 5.91 Å². The van der Waals surface area contributed by atoms with Crippen molar-refractivity contribution in [3.05, 3.63) is 54.6 Å². The van der Waals surface area contributed by atoms with Gasteiger partial charge in [-0.25, -0.2) is 4.68 Å². The Morgan fingerprint density at radius 3 is 2.12 bits per heavy atom. The molecule has 2 bridgehead atoms. The smallest absolute Gasteiger partial charge is 0.270 e. The van der Waals surface area contributed by atoms with Crippen molar-refractivity contribution >= 4 is 23.4 Å². The number of fused-ring (bicyclic) bond motifs is 5. The van der Waals surface area contributed by atoms with Gasteiger partial charge in [0.1, 0.15) is 12.7 Å². The van der Waals surface area contributed by atoms with Crippen molar-refractivity contribution in [2.24, 2.45) is 23.7 Å². The second-order valence-corrected chi connectivity index (χ2v) is 6.87. The van der Waals surface area contributed by atoms with Crippen LogP contribution in [-0.2, 0) is 9.59 Å². The van der Waals surface area contributed by atoms with Crippen molar-refractivity contribution in [1.82, 2.24) is 14.9 Å². The zero-order valence-electron chi connectivity index (χ0n) is 13.6. The molecule has 8 heteroatoms. The summed E-state index contributed by atoms with van der Waals surface area (Å²) in [5, 5.41) is 7.22. The third-order valence-corrected chi connectivity index (χ3v) is 5.51. The number of nitrogens with one attached hydrogen (secondary N) is 1. The van der Waals surface area contributed by atoms with E-state index in [2.05, 4.69) is 27.8 Å². The molecule has 3 aliphatic rings. The van der Waals surface area contributed by atoms with E-state index in [0.717, 1.165) is 6.42 Å². The van der Waals surface area contributed by atoms with E-state index in [1.165, 1.54) is 22.2 Å². The predicted molar refractivity (Wildman–Crippen MR) is 90.4 cm³/mol. The Hall–Kier alpha value is -3.29. The predicted octanol–water partition coefficient (Wildman–Crippen LogP) is 0.973. The minimum atomic E-state index is -0.338. The summed E-state index contributed by atoms with van der Waals surface area (Å²) in [4.78, 5) is 39.1. The molecule has 1 N–H and O–H groups in total. The lowest BCUT2D eigenvalue weighted by Crippen LogP contribution is -2.32. The highest BCUT2D eigenvalue weighted by atomic mass is 16.2. The van der Waals surface area contributed by atoms with Gasteiger partial charge in [-0.3, -0.25) is 24.7 Å². The number of nitrogens with zero attached hydrogens (tertiary/aromatic N) is 4. The first-order valence-corrected chi connectivity index (χ1v) is 8.45. The lowest BCUT2D eigenvalue weighted by Gasteiger charge is -2.17. The molecule has 26 heavy (non-hydrogen) atoms. The van der Waals surface area contributed by atoms with Crippen LogP contribution in [0.15, 0.2) is 49.1 Å². The summed E-state index contributed by atoms with van der Waals surface area (Å²) >= 11 is 0. The van der Waals surface area contributed by atoms with Crippen molar-refractivity contribution in [2.75, 3.05) is 10.3 Å². The summed E-state index contributed by atoms with van der Waals surface area (Å²) < 4.78 is 1.34. The molecule has 0 spiro atoms. The zero-order valence-corrected chi connectivity index (χ0v) is 13.6. The van der Waals surface area contributed by atoms with E-state index >= 15 is 0 Å². The highest BCUT2D eigenvalue weighted by Gasteiger charge is 2.59. The molecule has 5 rings (SSSR count). The average molecular weight is 349 g/mol. The third kappa shape index (κ3) is 2.05. The van der Waals surface area contributed by atoms with E-state index in [-0.39, 0.29) is 41.4 Å². The number of amides is 3. The molecule has 1 aromatic heterocycles. The van der Waals surface area contributed by atoms with Crippen molar-refractivity contribution < 1.29 is 14.4 Å². The minimum Gasteiger partial charge on any atom is -0.274 e. The molecule has 8 nitrogen and oxygen atoms in total. The summed E-state index contributed by atoms with van der Waals surface area (Å²) in [5.74, 6) is -0.685. The quantitative estimate of drug-likeness (QED) is 0.658. The van der Waals surface area contributed by atoms with Gasteiger partial charge in [0.2, 0.25) is 11.8 Å². The molecule has 2 aliphatic carbocycles. The second-order valence-electron chi connectivity index (χ2n) is 6.87. The second kappa shape index (κ2) is 5.35. The van der Waals surface area contributed by atoms with Gasteiger partial charge in [0, 0.05) is 5.56 Å². The van der Waals surface area contributed by atoms with Crippen LogP contribution in [0, 0.1) is 23.7 Å². The monoisotopic (exact) mass is 349 g/mol. The molecule has 2 fully saturated rings.